The van der Waals surface area contributed by atoms with Crippen molar-refractivity contribution in [3.8, 4) is 22.5 Å². The van der Waals surface area contributed by atoms with Crippen molar-refractivity contribution in [3.63, 3.8) is 0 Å². The van der Waals surface area contributed by atoms with Crippen molar-refractivity contribution in [3.05, 3.63) is 82.3 Å². The molecule has 0 saturated heterocycles. The number of aromatic amines is 2. The van der Waals surface area contributed by atoms with Crippen LogP contribution in [0, 0.1) is 13.8 Å². The highest BCUT2D eigenvalue weighted by Crippen LogP contribution is 2.32. The smallest absolute Gasteiger partial charge is 0.280 e. The van der Waals surface area contributed by atoms with Gasteiger partial charge in [-0.05, 0) is 38.1 Å². The van der Waals surface area contributed by atoms with E-state index in [4.69, 9.17) is 0 Å². The molecular weight excluding hydrogens is 573 g/mol. The van der Waals surface area contributed by atoms with Crippen molar-refractivity contribution in [1.82, 2.24) is 40.3 Å². The molecule has 210 valence electrons. The van der Waals surface area contributed by atoms with Gasteiger partial charge in [0.1, 0.15) is 24.0 Å². The monoisotopic (exact) mass is 596 g/mol. The summed E-state index contributed by atoms with van der Waals surface area (Å²) in [7, 11) is 0. The summed E-state index contributed by atoms with van der Waals surface area (Å²) in [4.78, 5) is 19.0. The molecule has 0 aromatic carbocycles. The average Bonchev–Trinajstić information content (AvgIpc) is 3.78. The van der Waals surface area contributed by atoms with E-state index in [0.29, 0.717) is 22.5 Å². The van der Waals surface area contributed by atoms with Gasteiger partial charge < -0.3 is 10.6 Å². The van der Waals surface area contributed by atoms with E-state index in [-0.39, 0.29) is 5.69 Å². The van der Waals surface area contributed by atoms with E-state index in [1.54, 1.807) is 49.1 Å². The second kappa shape index (κ2) is 12.7. The molecule has 4 N–H and O–H groups in total. The Balaban J connectivity index is 0.000000165. The van der Waals surface area contributed by atoms with Gasteiger partial charge >= 0.3 is 0 Å². The number of halogens is 3. The van der Waals surface area contributed by atoms with Crippen LogP contribution < -0.4 is 10.6 Å². The van der Waals surface area contributed by atoms with Gasteiger partial charge in [0.15, 0.2) is 10.3 Å². The zero-order chi connectivity index (χ0) is 28.8. The highest BCUT2D eigenvalue weighted by Gasteiger charge is 2.14. The number of hydrogen-bond donors (Lipinski definition) is 4. The zero-order valence-electron chi connectivity index (χ0n) is 21.7. The molecule has 0 atom stereocenters. The Morgan fingerprint density at radius 3 is 1.78 bits per heavy atom. The maximum Gasteiger partial charge on any atom is 0.280 e. The van der Waals surface area contributed by atoms with Gasteiger partial charge in [0.25, 0.3) is 6.43 Å². The maximum absolute atomic E-state index is 12.6. The number of alkyl halides is 3. The lowest BCUT2D eigenvalue weighted by molar-refractivity contribution is 0.146. The molecule has 0 unspecified atom stereocenters. The van der Waals surface area contributed by atoms with E-state index in [9.17, 15) is 13.2 Å². The molecule has 0 radical (unpaired) electrons. The molecule has 41 heavy (non-hydrogen) atoms. The van der Waals surface area contributed by atoms with Gasteiger partial charge in [0.05, 0.1) is 29.5 Å². The van der Waals surface area contributed by atoms with Crippen molar-refractivity contribution in [2.75, 3.05) is 10.6 Å². The Morgan fingerprint density at radius 2 is 1.29 bits per heavy atom. The van der Waals surface area contributed by atoms with E-state index in [1.807, 2.05) is 13.8 Å². The number of aryl methyl sites for hydroxylation is 2. The van der Waals surface area contributed by atoms with Crippen molar-refractivity contribution >= 4 is 44.6 Å². The summed E-state index contributed by atoms with van der Waals surface area (Å²) >= 11 is 2.95. The third-order valence-electron chi connectivity index (χ3n) is 5.54. The number of pyridine rings is 2. The third kappa shape index (κ3) is 6.93. The van der Waals surface area contributed by atoms with Crippen LogP contribution in [0.25, 0.3) is 22.5 Å². The number of aromatic nitrogens is 8. The zero-order valence-corrected chi connectivity index (χ0v) is 23.3. The summed E-state index contributed by atoms with van der Waals surface area (Å²) in [6.07, 6.45) is 4.37. The lowest BCUT2D eigenvalue weighted by Crippen LogP contribution is -1.96. The van der Waals surface area contributed by atoms with Crippen molar-refractivity contribution in [2.24, 2.45) is 0 Å². The summed E-state index contributed by atoms with van der Waals surface area (Å²) in [6, 6.07) is 9.65. The summed E-state index contributed by atoms with van der Waals surface area (Å²) in [5.74, 6) is 0.938. The third-order valence-corrected chi connectivity index (χ3v) is 7.32. The number of nitrogens with zero attached hydrogens (tertiary/aromatic N) is 6. The van der Waals surface area contributed by atoms with E-state index < -0.39 is 13.1 Å². The predicted octanol–water partition coefficient (Wildman–Crippen LogP) is 7.37. The molecule has 6 heterocycles. The van der Waals surface area contributed by atoms with Crippen molar-refractivity contribution in [2.45, 2.75) is 26.9 Å². The second-order valence-electron chi connectivity index (χ2n) is 8.47. The van der Waals surface area contributed by atoms with Crippen LogP contribution in [0.5, 0.6) is 0 Å². The Bertz CT molecular complexity index is 1700. The van der Waals surface area contributed by atoms with Crippen LogP contribution >= 0.6 is 22.7 Å². The number of rotatable bonds is 8. The van der Waals surface area contributed by atoms with Gasteiger partial charge in [0.2, 0.25) is 0 Å². The highest BCUT2D eigenvalue weighted by atomic mass is 32.1. The van der Waals surface area contributed by atoms with Crippen LogP contribution in [0.2, 0.25) is 0 Å². The first-order valence-corrected chi connectivity index (χ1v) is 13.8. The van der Waals surface area contributed by atoms with Crippen LogP contribution in [0.3, 0.4) is 0 Å². The summed E-state index contributed by atoms with van der Waals surface area (Å²) in [6.45, 7) is 3.36. The molecule has 0 aliphatic rings. The molecular formula is C26H23F3N10S2. The fraction of sp³-hybridized carbons (Fsp3) is 0.154. The predicted molar refractivity (Wildman–Crippen MR) is 154 cm³/mol. The lowest BCUT2D eigenvalue weighted by Gasteiger charge is -2.03. The standard InChI is InChI=1S/C13H11F2N5S.C13H12FN5S/c1-7-11(8-5-16-17-6-8)20-13(21-7)19-10-4-2-3-9(18-10)12(14)15;1-8-12(9-6-15-16-7-9)19-13(20-8)18-11-4-2-3-10(5-14)17-11/h2-6,12H,1H3,(H,16,17)(H,18,19,20);2-4,6-7H,5H2,1H3,(H,15,16)(H,17,18,19). The molecule has 0 saturated carbocycles. The molecule has 0 aliphatic heterocycles. The normalized spacial score (nSPS) is 10.9. The van der Waals surface area contributed by atoms with E-state index in [0.717, 1.165) is 37.4 Å². The number of H-pyrrole nitrogens is 2. The maximum atomic E-state index is 12.6. The number of anilines is 4. The Labute approximate surface area is 240 Å². The Kier molecular flexibility index (Phi) is 8.64. The molecule has 0 aliphatic carbocycles. The largest absolute Gasteiger partial charge is 0.316 e. The molecule has 6 aromatic rings. The first-order chi connectivity index (χ1) is 19.9. The van der Waals surface area contributed by atoms with E-state index >= 15 is 0 Å². The topological polar surface area (TPSA) is 133 Å². The van der Waals surface area contributed by atoms with Gasteiger partial charge in [0, 0.05) is 33.3 Å². The van der Waals surface area contributed by atoms with Gasteiger partial charge in [-0.3, -0.25) is 10.2 Å². The highest BCUT2D eigenvalue weighted by molar-refractivity contribution is 7.16. The van der Waals surface area contributed by atoms with Crippen LogP contribution in [0.4, 0.5) is 35.1 Å². The van der Waals surface area contributed by atoms with Crippen molar-refractivity contribution < 1.29 is 13.2 Å². The van der Waals surface area contributed by atoms with Crippen LogP contribution in [0.15, 0.2) is 61.2 Å². The minimum Gasteiger partial charge on any atom is -0.316 e. The minimum absolute atomic E-state index is 0.261. The first kappa shape index (κ1) is 27.9. The van der Waals surface area contributed by atoms with Gasteiger partial charge in [-0.2, -0.15) is 10.2 Å². The SMILES string of the molecule is Cc1sc(Nc2cccc(C(F)F)n2)nc1-c1cn[nH]c1.Cc1sc(Nc2cccc(CF)n2)nc1-c1cn[nH]c1. The van der Waals surface area contributed by atoms with Crippen LogP contribution in [-0.4, -0.2) is 40.3 Å². The van der Waals surface area contributed by atoms with Gasteiger partial charge in [-0.15, -0.1) is 22.7 Å². The summed E-state index contributed by atoms with van der Waals surface area (Å²) in [5, 5.41) is 20.7. The van der Waals surface area contributed by atoms with Crippen LogP contribution in [-0.2, 0) is 6.67 Å². The molecule has 10 nitrogen and oxygen atoms in total. The number of nitrogens with one attached hydrogen (secondary N) is 4. The Hall–Kier alpha value is -4.63. The number of hydrogen-bond acceptors (Lipinski definition) is 10. The fourth-order valence-corrected chi connectivity index (χ4v) is 5.37. The Morgan fingerprint density at radius 1 is 0.756 bits per heavy atom. The average molecular weight is 597 g/mol. The molecule has 6 rings (SSSR count). The molecule has 0 fully saturated rings. The van der Waals surface area contributed by atoms with Crippen molar-refractivity contribution in [1.29, 1.82) is 0 Å². The molecule has 6 aromatic heterocycles. The van der Waals surface area contributed by atoms with E-state index in [1.165, 1.54) is 34.8 Å². The first-order valence-electron chi connectivity index (χ1n) is 12.1. The van der Waals surface area contributed by atoms with Gasteiger partial charge in [-0.25, -0.2) is 33.1 Å². The summed E-state index contributed by atoms with van der Waals surface area (Å²) in [5.41, 5.74) is 3.65. The van der Waals surface area contributed by atoms with Gasteiger partial charge in [-0.1, -0.05) is 12.1 Å². The number of thiazole rings is 2. The molecule has 0 bridgehead atoms. The van der Waals surface area contributed by atoms with Crippen LogP contribution in [0.1, 0.15) is 27.6 Å². The molecule has 0 spiro atoms. The lowest BCUT2D eigenvalue weighted by atomic mass is 10.2. The molecule has 15 heteroatoms. The summed E-state index contributed by atoms with van der Waals surface area (Å²) < 4.78 is 37.8. The fourth-order valence-electron chi connectivity index (χ4n) is 3.68. The quantitative estimate of drug-likeness (QED) is 0.143. The molecule has 0 amide bonds. The second-order valence-corrected chi connectivity index (χ2v) is 10.9. The minimum atomic E-state index is -2.59. The van der Waals surface area contributed by atoms with E-state index in [2.05, 4.69) is 51.0 Å².